The van der Waals surface area contributed by atoms with Gasteiger partial charge in [0.15, 0.2) is 5.65 Å². The van der Waals surface area contributed by atoms with Crippen molar-refractivity contribution in [1.82, 2.24) is 19.9 Å². The molecule has 0 saturated carbocycles. The van der Waals surface area contributed by atoms with Gasteiger partial charge >= 0.3 is 0 Å². The molecular formula is C18H19FN4O. The van der Waals surface area contributed by atoms with E-state index in [4.69, 9.17) is 0 Å². The summed E-state index contributed by atoms with van der Waals surface area (Å²) in [7, 11) is 0. The Morgan fingerprint density at radius 1 is 1.17 bits per heavy atom. The van der Waals surface area contributed by atoms with Gasteiger partial charge in [-0.25, -0.2) is 4.39 Å². The fourth-order valence-corrected chi connectivity index (χ4v) is 2.66. The second kappa shape index (κ2) is 6.39. The SMILES string of the molecule is CC(C)(C(=O)NCCc1nnc2ccccn12)c1ccccc1F. The first kappa shape index (κ1) is 16.1. The van der Waals surface area contributed by atoms with E-state index in [1.807, 2.05) is 28.8 Å². The van der Waals surface area contributed by atoms with Gasteiger partial charge in [-0.15, -0.1) is 10.2 Å². The fourth-order valence-electron chi connectivity index (χ4n) is 2.66. The van der Waals surface area contributed by atoms with Crippen molar-refractivity contribution < 1.29 is 9.18 Å². The van der Waals surface area contributed by atoms with Crippen molar-refractivity contribution in [2.75, 3.05) is 6.54 Å². The van der Waals surface area contributed by atoms with Crippen molar-refractivity contribution in [1.29, 1.82) is 0 Å². The third-order valence-electron chi connectivity index (χ3n) is 4.13. The number of carbonyl (C=O) groups is 1. The highest BCUT2D eigenvalue weighted by atomic mass is 19.1. The van der Waals surface area contributed by atoms with Gasteiger partial charge in [0.05, 0.1) is 5.41 Å². The molecule has 0 atom stereocenters. The minimum atomic E-state index is -0.946. The van der Waals surface area contributed by atoms with E-state index in [0.717, 1.165) is 11.5 Å². The van der Waals surface area contributed by atoms with Crippen LogP contribution in [0.4, 0.5) is 4.39 Å². The number of benzene rings is 1. The molecule has 3 rings (SSSR count). The fraction of sp³-hybridized carbons (Fsp3) is 0.278. The molecular weight excluding hydrogens is 307 g/mol. The highest BCUT2D eigenvalue weighted by molar-refractivity contribution is 5.87. The third kappa shape index (κ3) is 2.99. The lowest BCUT2D eigenvalue weighted by atomic mass is 9.83. The minimum Gasteiger partial charge on any atom is -0.355 e. The van der Waals surface area contributed by atoms with Crippen molar-refractivity contribution in [2.45, 2.75) is 25.7 Å². The zero-order valence-electron chi connectivity index (χ0n) is 13.7. The first-order chi connectivity index (χ1) is 11.5. The van der Waals surface area contributed by atoms with Crippen molar-refractivity contribution in [3.63, 3.8) is 0 Å². The number of carbonyl (C=O) groups excluding carboxylic acids is 1. The zero-order valence-corrected chi connectivity index (χ0v) is 13.7. The van der Waals surface area contributed by atoms with E-state index in [9.17, 15) is 9.18 Å². The molecule has 124 valence electrons. The van der Waals surface area contributed by atoms with Gasteiger partial charge in [-0.05, 0) is 32.0 Å². The zero-order chi connectivity index (χ0) is 17.2. The van der Waals surface area contributed by atoms with Crippen LogP contribution in [-0.4, -0.2) is 27.0 Å². The predicted molar refractivity (Wildman–Crippen MR) is 89.1 cm³/mol. The molecule has 0 unspecified atom stereocenters. The molecule has 0 saturated heterocycles. The number of nitrogens with zero attached hydrogens (tertiary/aromatic N) is 3. The van der Waals surface area contributed by atoms with Crippen molar-refractivity contribution in [3.8, 4) is 0 Å². The standard InChI is InChI=1S/C18H19FN4O/c1-18(2,13-7-3-4-8-14(13)19)17(24)20-11-10-16-22-21-15-9-5-6-12-23(15)16/h3-9,12H,10-11H2,1-2H3,(H,20,24). The van der Waals surface area contributed by atoms with Crippen LogP contribution in [0.3, 0.4) is 0 Å². The largest absolute Gasteiger partial charge is 0.355 e. The number of amides is 1. The summed E-state index contributed by atoms with van der Waals surface area (Å²) in [6.07, 6.45) is 2.43. The molecule has 0 fully saturated rings. The maximum Gasteiger partial charge on any atom is 0.230 e. The molecule has 0 aliphatic heterocycles. The van der Waals surface area contributed by atoms with E-state index in [1.54, 1.807) is 32.0 Å². The molecule has 0 spiro atoms. The van der Waals surface area contributed by atoms with Crippen LogP contribution in [0.2, 0.25) is 0 Å². The van der Waals surface area contributed by atoms with Gasteiger partial charge in [-0.2, -0.15) is 0 Å². The Morgan fingerprint density at radius 3 is 2.71 bits per heavy atom. The van der Waals surface area contributed by atoms with Crippen LogP contribution in [-0.2, 0) is 16.6 Å². The number of fused-ring (bicyclic) bond motifs is 1. The normalized spacial score (nSPS) is 11.6. The molecule has 1 aromatic carbocycles. The Morgan fingerprint density at radius 2 is 1.92 bits per heavy atom. The highest BCUT2D eigenvalue weighted by Crippen LogP contribution is 2.25. The van der Waals surface area contributed by atoms with Crippen molar-refractivity contribution in [2.24, 2.45) is 0 Å². The molecule has 3 aromatic rings. The third-order valence-corrected chi connectivity index (χ3v) is 4.13. The van der Waals surface area contributed by atoms with Gasteiger partial charge in [-0.1, -0.05) is 24.3 Å². The topological polar surface area (TPSA) is 59.3 Å². The minimum absolute atomic E-state index is 0.221. The predicted octanol–water partition coefficient (Wildman–Crippen LogP) is 2.50. The van der Waals surface area contributed by atoms with Gasteiger partial charge in [0.2, 0.25) is 5.91 Å². The molecule has 0 radical (unpaired) electrons. The average Bonchev–Trinajstić information content (AvgIpc) is 2.98. The summed E-state index contributed by atoms with van der Waals surface area (Å²) in [5.74, 6) is 0.178. The number of hydrogen-bond acceptors (Lipinski definition) is 3. The monoisotopic (exact) mass is 326 g/mol. The summed E-state index contributed by atoms with van der Waals surface area (Å²) in [6, 6.07) is 12.0. The quantitative estimate of drug-likeness (QED) is 0.784. The van der Waals surface area contributed by atoms with E-state index < -0.39 is 5.41 Å². The summed E-state index contributed by atoms with van der Waals surface area (Å²) in [5, 5.41) is 11.1. The summed E-state index contributed by atoms with van der Waals surface area (Å²) in [5.41, 5.74) is 0.207. The highest BCUT2D eigenvalue weighted by Gasteiger charge is 2.31. The van der Waals surface area contributed by atoms with Crippen LogP contribution in [0, 0.1) is 5.82 Å². The lowest BCUT2D eigenvalue weighted by molar-refractivity contribution is -0.125. The molecule has 1 amide bonds. The van der Waals surface area contributed by atoms with Gasteiger partial charge < -0.3 is 5.32 Å². The summed E-state index contributed by atoms with van der Waals surface area (Å²) >= 11 is 0. The molecule has 1 N–H and O–H groups in total. The Balaban J connectivity index is 1.66. The smallest absolute Gasteiger partial charge is 0.230 e. The summed E-state index contributed by atoms with van der Waals surface area (Å²) < 4.78 is 15.8. The number of hydrogen-bond donors (Lipinski definition) is 1. The molecule has 5 nitrogen and oxygen atoms in total. The molecule has 0 aliphatic rings. The number of rotatable bonds is 5. The Labute approximate surface area is 139 Å². The van der Waals surface area contributed by atoms with E-state index in [-0.39, 0.29) is 11.7 Å². The van der Waals surface area contributed by atoms with E-state index in [0.29, 0.717) is 18.5 Å². The van der Waals surface area contributed by atoms with Crippen LogP contribution in [0.1, 0.15) is 25.2 Å². The van der Waals surface area contributed by atoms with Gasteiger partial charge in [0, 0.05) is 24.7 Å². The first-order valence-corrected chi connectivity index (χ1v) is 7.82. The van der Waals surface area contributed by atoms with Crippen LogP contribution < -0.4 is 5.32 Å². The second-order valence-corrected chi connectivity index (χ2v) is 6.16. The van der Waals surface area contributed by atoms with Crippen LogP contribution >= 0.6 is 0 Å². The first-order valence-electron chi connectivity index (χ1n) is 7.82. The summed E-state index contributed by atoms with van der Waals surface area (Å²) in [6.45, 7) is 3.84. The molecule has 2 heterocycles. The molecule has 0 aliphatic carbocycles. The molecule has 24 heavy (non-hydrogen) atoms. The Bertz CT molecular complexity index is 872. The Hall–Kier alpha value is -2.76. The lowest BCUT2D eigenvalue weighted by Gasteiger charge is -2.24. The number of nitrogens with one attached hydrogen (secondary N) is 1. The number of aromatic nitrogens is 3. The van der Waals surface area contributed by atoms with E-state index in [1.165, 1.54) is 6.07 Å². The summed E-state index contributed by atoms with van der Waals surface area (Å²) in [4.78, 5) is 12.5. The van der Waals surface area contributed by atoms with E-state index in [2.05, 4.69) is 15.5 Å². The van der Waals surface area contributed by atoms with Crippen molar-refractivity contribution in [3.05, 3.63) is 65.9 Å². The maximum absolute atomic E-state index is 14.0. The second-order valence-electron chi connectivity index (χ2n) is 6.16. The molecule has 0 bridgehead atoms. The number of pyridine rings is 1. The Kier molecular flexibility index (Phi) is 4.29. The van der Waals surface area contributed by atoms with Gasteiger partial charge in [-0.3, -0.25) is 9.20 Å². The van der Waals surface area contributed by atoms with Gasteiger partial charge in [0.1, 0.15) is 11.6 Å². The average molecular weight is 326 g/mol. The molecule has 6 heteroatoms. The van der Waals surface area contributed by atoms with Gasteiger partial charge in [0.25, 0.3) is 0 Å². The van der Waals surface area contributed by atoms with Crippen LogP contribution in [0.5, 0.6) is 0 Å². The van der Waals surface area contributed by atoms with E-state index >= 15 is 0 Å². The lowest BCUT2D eigenvalue weighted by Crippen LogP contribution is -2.41. The number of halogens is 1. The maximum atomic E-state index is 14.0. The molecule has 2 aromatic heterocycles. The van der Waals surface area contributed by atoms with Crippen molar-refractivity contribution >= 4 is 11.6 Å². The van der Waals surface area contributed by atoms with Crippen LogP contribution in [0.25, 0.3) is 5.65 Å². The van der Waals surface area contributed by atoms with Crippen LogP contribution in [0.15, 0.2) is 48.7 Å².